The Morgan fingerprint density at radius 2 is 2.00 bits per heavy atom. The number of nitrogens with one attached hydrogen (secondary N) is 1. The molecule has 176 valence electrons. The summed E-state index contributed by atoms with van der Waals surface area (Å²) in [6, 6.07) is 7.88. The molecule has 0 aliphatic carbocycles. The zero-order valence-corrected chi connectivity index (χ0v) is 20.3. The van der Waals surface area contributed by atoms with Crippen LogP contribution in [0.15, 0.2) is 30.3 Å². The first-order chi connectivity index (χ1) is 15.8. The minimum Gasteiger partial charge on any atom is -0.465 e. The number of nitrogens with zero attached hydrogens (tertiary/aromatic N) is 2. The highest BCUT2D eigenvalue weighted by Gasteiger charge is 2.24. The van der Waals surface area contributed by atoms with E-state index in [2.05, 4.69) is 24.1 Å². The van der Waals surface area contributed by atoms with E-state index in [-0.39, 0.29) is 27.2 Å². The van der Waals surface area contributed by atoms with Crippen molar-refractivity contribution < 1.29 is 23.5 Å². The molecular formula is C23H25ClFN3O4S. The van der Waals surface area contributed by atoms with Gasteiger partial charge in [0.2, 0.25) is 0 Å². The van der Waals surface area contributed by atoms with E-state index in [0.717, 1.165) is 29.6 Å². The highest BCUT2D eigenvalue weighted by Crippen LogP contribution is 2.36. The number of hydrogen-bond donors (Lipinski definition) is 1. The predicted molar refractivity (Wildman–Crippen MR) is 128 cm³/mol. The smallest absolute Gasteiger partial charge is 0.350 e. The van der Waals surface area contributed by atoms with Crippen LogP contribution in [0.4, 0.5) is 10.1 Å². The molecule has 2 aromatic heterocycles. The molecule has 0 saturated heterocycles. The van der Waals surface area contributed by atoms with Crippen molar-refractivity contribution in [1.82, 2.24) is 9.88 Å². The van der Waals surface area contributed by atoms with Crippen LogP contribution < -0.4 is 5.32 Å². The Morgan fingerprint density at radius 3 is 2.64 bits per heavy atom. The molecule has 3 rings (SSSR count). The lowest BCUT2D eigenvalue weighted by atomic mass is 10.1. The van der Waals surface area contributed by atoms with Crippen molar-refractivity contribution in [3.63, 3.8) is 0 Å². The van der Waals surface area contributed by atoms with Crippen LogP contribution in [0.1, 0.15) is 39.6 Å². The molecule has 0 atom stereocenters. The van der Waals surface area contributed by atoms with Crippen LogP contribution in [0, 0.1) is 5.82 Å². The van der Waals surface area contributed by atoms with Crippen LogP contribution in [0.25, 0.3) is 10.2 Å². The van der Waals surface area contributed by atoms with Gasteiger partial charge in [0.25, 0.3) is 5.91 Å². The molecule has 0 aliphatic heterocycles. The number of anilines is 1. The number of hydrogen-bond acceptors (Lipinski definition) is 7. The molecule has 10 heteroatoms. The topological polar surface area (TPSA) is 80.8 Å². The van der Waals surface area contributed by atoms with E-state index in [9.17, 15) is 14.0 Å². The molecule has 7 nitrogen and oxygen atoms in total. The van der Waals surface area contributed by atoms with Gasteiger partial charge in [-0.05, 0) is 38.1 Å². The lowest BCUT2D eigenvalue weighted by molar-refractivity contribution is 0.0607. The molecular weight excluding hydrogens is 469 g/mol. The second kappa shape index (κ2) is 11.0. The summed E-state index contributed by atoms with van der Waals surface area (Å²) in [5.74, 6) is -2.15. The van der Waals surface area contributed by atoms with Gasteiger partial charge in [0.15, 0.2) is 0 Å². The van der Waals surface area contributed by atoms with E-state index in [1.165, 1.54) is 19.2 Å². The van der Waals surface area contributed by atoms with E-state index >= 15 is 0 Å². The number of benzene rings is 1. The van der Waals surface area contributed by atoms with E-state index < -0.39 is 17.7 Å². The Balaban J connectivity index is 1.98. The number of rotatable bonds is 9. The van der Waals surface area contributed by atoms with Crippen molar-refractivity contribution >= 4 is 50.7 Å². The number of ether oxygens (including phenoxy) is 2. The number of aromatic nitrogens is 1. The van der Waals surface area contributed by atoms with Gasteiger partial charge in [-0.1, -0.05) is 17.7 Å². The lowest BCUT2D eigenvalue weighted by Gasteiger charge is -2.25. The summed E-state index contributed by atoms with van der Waals surface area (Å²) in [4.78, 5) is 32.9. The number of methoxy groups -OCH3 is 2. The molecule has 0 saturated carbocycles. The van der Waals surface area contributed by atoms with Crippen LogP contribution in [0.5, 0.6) is 0 Å². The van der Waals surface area contributed by atoms with Gasteiger partial charge in [0.05, 0.1) is 35.7 Å². The predicted octanol–water partition coefficient (Wildman–Crippen LogP) is 4.98. The molecule has 3 aromatic rings. The second-order valence-electron chi connectivity index (χ2n) is 7.56. The number of pyridine rings is 1. The fourth-order valence-corrected chi connectivity index (χ4v) is 4.61. The van der Waals surface area contributed by atoms with Gasteiger partial charge in [-0.3, -0.25) is 9.69 Å². The average Bonchev–Trinajstić information content (AvgIpc) is 3.13. The van der Waals surface area contributed by atoms with Crippen molar-refractivity contribution in [2.45, 2.75) is 26.4 Å². The maximum absolute atomic E-state index is 14.2. The van der Waals surface area contributed by atoms with Gasteiger partial charge in [0.1, 0.15) is 15.5 Å². The summed E-state index contributed by atoms with van der Waals surface area (Å²) in [6.45, 7) is 6.12. The zero-order chi connectivity index (χ0) is 24.1. The Bertz CT molecular complexity index is 1150. The van der Waals surface area contributed by atoms with Crippen LogP contribution in [-0.4, -0.2) is 55.2 Å². The summed E-state index contributed by atoms with van der Waals surface area (Å²) in [5, 5.41) is 3.16. The maximum Gasteiger partial charge on any atom is 0.350 e. The molecule has 2 heterocycles. The highest BCUT2D eigenvalue weighted by molar-refractivity contribution is 7.21. The number of carbonyl (C=O) groups excluding carboxylic acids is 2. The number of thiophene rings is 1. The number of amides is 1. The molecule has 0 fully saturated rings. The van der Waals surface area contributed by atoms with Crippen molar-refractivity contribution in [2.75, 3.05) is 32.7 Å². The Labute approximate surface area is 200 Å². The average molecular weight is 494 g/mol. The standard InChI is InChI=1S/C23H25ClFN3O4S/c1-13(2)28(10-11-31-3)12-14-8-9-15-19(20(23(30)32-4)33-22(15)26-14)27-21(29)18-16(24)6-5-7-17(18)25/h5-9,13H,10-12H2,1-4H3,(H,27,29). The summed E-state index contributed by atoms with van der Waals surface area (Å²) in [5.41, 5.74) is 0.718. The SMILES string of the molecule is COCCN(Cc1ccc2c(NC(=O)c3c(F)cccc3Cl)c(C(=O)OC)sc2n1)C(C)C. The van der Waals surface area contributed by atoms with Crippen LogP contribution in [-0.2, 0) is 16.0 Å². The third-order valence-corrected chi connectivity index (χ3v) is 6.48. The zero-order valence-electron chi connectivity index (χ0n) is 18.8. The van der Waals surface area contributed by atoms with E-state index in [1.807, 2.05) is 6.07 Å². The first-order valence-electron chi connectivity index (χ1n) is 10.3. The van der Waals surface area contributed by atoms with E-state index in [4.69, 9.17) is 26.1 Å². The Morgan fingerprint density at radius 1 is 1.24 bits per heavy atom. The first kappa shape index (κ1) is 25.0. The molecule has 1 amide bonds. The Hall–Kier alpha value is -2.59. The van der Waals surface area contributed by atoms with Gasteiger partial charge < -0.3 is 14.8 Å². The van der Waals surface area contributed by atoms with E-state index in [0.29, 0.717) is 23.4 Å². The van der Waals surface area contributed by atoms with Crippen molar-refractivity contribution in [2.24, 2.45) is 0 Å². The highest BCUT2D eigenvalue weighted by atomic mass is 35.5. The van der Waals surface area contributed by atoms with Crippen LogP contribution >= 0.6 is 22.9 Å². The maximum atomic E-state index is 14.2. The monoisotopic (exact) mass is 493 g/mol. The van der Waals surface area contributed by atoms with Crippen LogP contribution in [0.3, 0.4) is 0 Å². The molecule has 0 aliphatic rings. The number of fused-ring (bicyclic) bond motifs is 1. The molecule has 1 N–H and O–H groups in total. The number of esters is 1. The molecule has 1 aromatic carbocycles. The van der Waals surface area contributed by atoms with Gasteiger partial charge in [-0.15, -0.1) is 11.3 Å². The summed E-state index contributed by atoms with van der Waals surface area (Å²) in [7, 11) is 2.91. The Kier molecular flexibility index (Phi) is 8.36. The number of carbonyl (C=O) groups is 2. The number of halogens is 2. The third-order valence-electron chi connectivity index (χ3n) is 5.09. The molecule has 0 spiro atoms. The largest absolute Gasteiger partial charge is 0.465 e. The molecule has 0 unspecified atom stereocenters. The summed E-state index contributed by atoms with van der Waals surface area (Å²) < 4.78 is 24.3. The van der Waals surface area contributed by atoms with Crippen LogP contribution in [0.2, 0.25) is 5.02 Å². The summed E-state index contributed by atoms with van der Waals surface area (Å²) in [6.07, 6.45) is 0. The van der Waals surface area contributed by atoms with Crippen molar-refractivity contribution in [1.29, 1.82) is 0 Å². The van der Waals surface area contributed by atoms with Gasteiger partial charge >= 0.3 is 5.97 Å². The fraction of sp³-hybridized carbons (Fsp3) is 0.348. The minimum absolute atomic E-state index is 0.0306. The lowest BCUT2D eigenvalue weighted by Crippen LogP contribution is -2.33. The molecule has 33 heavy (non-hydrogen) atoms. The minimum atomic E-state index is -0.766. The molecule has 0 radical (unpaired) electrons. The van der Waals surface area contributed by atoms with Gasteiger partial charge in [0, 0.05) is 31.6 Å². The van der Waals surface area contributed by atoms with Crippen molar-refractivity contribution in [3.8, 4) is 0 Å². The fourth-order valence-electron chi connectivity index (χ4n) is 3.29. The van der Waals surface area contributed by atoms with E-state index in [1.54, 1.807) is 13.2 Å². The van der Waals surface area contributed by atoms with Gasteiger partial charge in [-0.25, -0.2) is 14.2 Å². The quantitative estimate of drug-likeness (QED) is 0.423. The summed E-state index contributed by atoms with van der Waals surface area (Å²) >= 11 is 7.13. The van der Waals surface area contributed by atoms with Gasteiger partial charge in [-0.2, -0.15) is 0 Å². The molecule has 0 bridgehead atoms. The normalized spacial score (nSPS) is 11.4. The third kappa shape index (κ3) is 5.67. The first-order valence-corrected chi connectivity index (χ1v) is 11.4. The second-order valence-corrected chi connectivity index (χ2v) is 8.97. The van der Waals surface area contributed by atoms with Crippen molar-refractivity contribution in [3.05, 3.63) is 57.3 Å².